The van der Waals surface area contributed by atoms with Crippen molar-refractivity contribution >= 4 is 21.7 Å². The van der Waals surface area contributed by atoms with Crippen molar-refractivity contribution in [3.63, 3.8) is 0 Å². The molecule has 3 heteroatoms. The van der Waals surface area contributed by atoms with Crippen molar-refractivity contribution in [2.24, 2.45) is 5.92 Å². The Hall–Kier alpha value is -0.570. The number of hydrogen-bond acceptors (Lipinski definition) is 2. The molecule has 0 amide bonds. The van der Waals surface area contributed by atoms with Crippen LogP contribution in [0.25, 0.3) is 0 Å². The lowest BCUT2D eigenvalue weighted by Crippen LogP contribution is -2.13. The van der Waals surface area contributed by atoms with E-state index in [1.807, 2.05) is 19.1 Å². The average molecular weight is 271 g/mol. The van der Waals surface area contributed by atoms with Crippen molar-refractivity contribution in [3.05, 3.63) is 22.3 Å². The van der Waals surface area contributed by atoms with Crippen molar-refractivity contribution in [2.75, 3.05) is 11.9 Å². The third kappa shape index (κ3) is 3.82. The largest absolute Gasteiger partial charge is 0.370 e. The Morgan fingerprint density at radius 2 is 2.00 bits per heavy atom. The zero-order valence-corrected chi connectivity index (χ0v) is 11.3. The lowest BCUT2D eigenvalue weighted by atomic mass is 10.0. The Morgan fingerprint density at radius 1 is 1.33 bits per heavy atom. The highest BCUT2D eigenvalue weighted by Crippen LogP contribution is 2.17. The minimum atomic E-state index is 0.746. The SMILES string of the molecule is CCC(CC)CNc1ccc(Br)c(C)n1. The van der Waals surface area contributed by atoms with Gasteiger partial charge in [-0.15, -0.1) is 0 Å². The molecule has 2 nitrogen and oxygen atoms in total. The molecule has 0 spiro atoms. The van der Waals surface area contributed by atoms with Crippen LogP contribution in [0.2, 0.25) is 0 Å². The molecule has 0 saturated heterocycles. The molecule has 0 unspecified atom stereocenters. The van der Waals surface area contributed by atoms with E-state index in [-0.39, 0.29) is 0 Å². The summed E-state index contributed by atoms with van der Waals surface area (Å²) < 4.78 is 1.07. The summed E-state index contributed by atoms with van der Waals surface area (Å²) in [6.45, 7) is 7.49. The van der Waals surface area contributed by atoms with Crippen molar-refractivity contribution in [1.29, 1.82) is 0 Å². The Morgan fingerprint density at radius 3 is 2.53 bits per heavy atom. The molecule has 0 fully saturated rings. The van der Waals surface area contributed by atoms with Gasteiger partial charge in [0.25, 0.3) is 0 Å². The number of nitrogens with zero attached hydrogens (tertiary/aromatic N) is 1. The second kappa shape index (κ2) is 6.11. The lowest BCUT2D eigenvalue weighted by Gasteiger charge is -2.14. The van der Waals surface area contributed by atoms with Gasteiger partial charge in [0, 0.05) is 11.0 Å². The highest BCUT2D eigenvalue weighted by molar-refractivity contribution is 9.10. The summed E-state index contributed by atoms with van der Waals surface area (Å²) in [4.78, 5) is 4.46. The number of hydrogen-bond donors (Lipinski definition) is 1. The van der Waals surface area contributed by atoms with E-state index >= 15 is 0 Å². The van der Waals surface area contributed by atoms with Crippen LogP contribution in [0.5, 0.6) is 0 Å². The molecule has 1 aromatic rings. The molecule has 1 rings (SSSR count). The van der Waals surface area contributed by atoms with Crippen LogP contribution in [0.1, 0.15) is 32.4 Å². The molecular weight excluding hydrogens is 252 g/mol. The van der Waals surface area contributed by atoms with Crippen molar-refractivity contribution in [2.45, 2.75) is 33.6 Å². The van der Waals surface area contributed by atoms with Gasteiger partial charge in [-0.3, -0.25) is 0 Å². The average Bonchev–Trinajstić information content (AvgIpc) is 2.24. The topological polar surface area (TPSA) is 24.9 Å². The smallest absolute Gasteiger partial charge is 0.126 e. The summed E-state index contributed by atoms with van der Waals surface area (Å²) in [6, 6.07) is 4.05. The highest BCUT2D eigenvalue weighted by Gasteiger charge is 2.04. The zero-order chi connectivity index (χ0) is 11.3. The van der Waals surface area contributed by atoms with Gasteiger partial charge in [0.1, 0.15) is 5.82 Å². The first-order valence-electron chi connectivity index (χ1n) is 5.54. The molecular formula is C12H19BrN2. The maximum Gasteiger partial charge on any atom is 0.126 e. The summed E-state index contributed by atoms with van der Waals surface area (Å²) in [5.74, 6) is 1.72. The number of aryl methyl sites for hydroxylation is 1. The van der Waals surface area contributed by atoms with Gasteiger partial charge in [-0.2, -0.15) is 0 Å². The van der Waals surface area contributed by atoms with E-state index in [0.29, 0.717) is 0 Å². The Labute approximate surface area is 101 Å². The molecule has 0 saturated carbocycles. The number of nitrogens with one attached hydrogen (secondary N) is 1. The third-order valence-electron chi connectivity index (χ3n) is 2.75. The van der Waals surface area contributed by atoms with Crippen molar-refractivity contribution in [3.8, 4) is 0 Å². The molecule has 1 aromatic heterocycles. The summed E-state index contributed by atoms with van der Waals surface area (Å²) in [6.07, 6.45) is 2.44. The van der Waals surface area contributed by atoms with Gasteiger partial charge < -0.3 is 5.32 Å². The number of pyridine rings is 1. The zero-order valence-electron chi connectivity index (χ0n) is 9.68. The Balaban J connectivity index is 2.54. The lowest BCUT2D eigenvalue weighted by molar-refractivity contribution is 0.518. The summed E-state index contributed by atoms with van der Waals surface area (Å²) in [5, 5.41) is 3.38. The second-order valence-electron chi connectivity index (χ2n) is 3.83. The molecule has 84 valence electrons. The summed E-state index contributed by atoms with van der Waals surface area (Å²) >= 11 is 3.45. The quantitative estimate of drug-likeness (QED) is 0.875. The van der Waals surface area contributed by atoms with Crippen LogP contribution in [0.15, 0.2) is 16.6 Å². The van der Waals surface area contributed by atoms with Gasteiger partial charge in [-0.05, 0) is 40.9 Å². The van der Waals surface area contributed by atoms with Crippen LogP contribution in [0.4, 0.5) is 5.82 Å². The molecule has 15 heavy (non-hydrogen) atoms. The van der Waals surface area contributed by atoms with Crippen molar-refractivity contribution < 1.29 is 0 Å². The van der Waals surface area contributed by atoms with E-state index in [2.05, 4.69) is 40.1 Å². The van der Waals surface area contributed by atoms with E-state index in [1.54, 1.807) is 0 Å². The van der Waals surface area contributed by atoms with E-state index in [0.717, 1.165) is 28.4 Å². The van der Waals surface area contributed by atoms with Crippen LogP contribution >= 0.6 is 15.9 Å². The van der Waals surface area contributed by atoms with Crippen LogP contribution in [0.3, 0.4) is 0 Å². The fourth-order valence-electron chi connectivity index (χ4n) is 1.47. The van der Waals surface area contributed by atoms with Crippen LogP contribution in [0, 0.1) is 12.8 Å². The van der Waals surface area contributed by atoms with Gasteiger partial charge >= 0.3 is 0 Å². The van der Waals surface area contributed by atoms with Gasteiger partial charge in [0.15, 0.2) is 0 Å². The number of aromatic nitrogens is 1. The van der Waals surface area contributed by atoms with E-state index < -0.39 is 0 Å². The monoisotopic (exact) mass is 270 g/mol. The Bertz CT molecular complexity index is 308. The first kappa shape index (κ1) is 12.5. The first-order valence-corrected chi connectivity index (χ1v) is 6.33. The predicted octanol–water partition coefficient (Wildman–Crippen LogP) is 4.00. The summed E-state index contributed by atoms with van der Waals surface area (Å²) in [5.41, 5.74) is 1.03. The van der Waals surface area contributed by atoms with Crippen LogP contribution < -0.4 is 5.32 Å². The first-order chi connectivity index (χ1) is 7.17. The molecule has 0 aliphatic heterocycles. The molecule has 0 aromatic carbocycles. The maximum atomic E-state index is 4.46. The summed E-state index contributed by atoms with van der Waals surface area (Å²) in [7, 11) is 0. The van der Waals surface area contributed by atoms with Gasteiger partial charge in [-0.25, -0.2) is 4.98 Å². The van der Waals surface area contributed by atoms with Gasteiger partial charge in [0.2, 0.25) is 0 Å². The standard InChI is InChI=1S/C12H19BrN2/c1-4-10(5-2)8-14-12-7-6-11(13)9(3)15-12/h6-7,10H,4-5,8H2,1-3H3,(H,14,15). The second-order valence-corrected chi connectivity index (χ2v) is 4.68. The number of anilines is 1. The normalized spacial score (nSPS) is 10.7. The number of halogens is 1. The highest BCUT2D eigenvalue weighted by atomic mass is 79.9. The van der Waals surface area contributed by atoms with Gasteiger partial charge in [0.05, 0.1) is 5.69 Å². The molecule has 0 bridgehead atoms. The molecule has 0 atom stereocenters. The van der Waals surface area contributed by atoms with Crippen LogP contribution in [-0.4, -0.2) is 11.5 Å². The maximum absolute atomic E-state index is 4.46. The minimum absolute atomic E-state index is 0.746. The predicted molar refractivity (Wildman–Crippen MR) is 69.2 cm³/mol. The van der Waals surface area contributed by atoms with Crippen molar-refractivity contribution in [1.82, 2.24) is 4.98 Å². The Kier molecular flexibility index (Phi) is 5.09. The molecule has 1 N–H and O–H groups in total. The van der Waals surface area contributed by atoms with E-state index in [1.165, 1.54) is 12.8 Å². The number of rotatable bonds is 5. The third-order valence-corrected chi connectivity index (χ3v) is 3.59. The fraction of sp³-hybridized carbons (Fsp3) is 0.583. The van der Waals surface area contributed by atoms with E-state index in [9.17, 15) is 0 Å². The molecule has 0 radical (unpaired) electrons. The molecule has 1 heterocycles. The fourth-order valence-corrected chi connectivity index (χ4v) is 1.69. The molecule has 0 aliphatic rings. The molecule has 0 aliphatic carbocycles. The van der Waals surface area contributed by atoms with Gasteiger partial charge in [-0.1, -0.05) is 26.7 Å². The minimum Gasteiger partial charge on any atom is -0.370 e. The van der Waals surface area contributed by atoms with Crippen LogP contribution in [-0.2, 0) is 0 Å². The van der Waals surface area contributed by atoms with E-state index in [4.69, 9.17) is 0 Å².